The molecule has 2 aliphatic rings. The topological polar surface area (TPSA) is 116 Å². The van der Waals surface area contributed by atoms with Crippen molar-refractivity contribution in [1.82, 2.24) is 0 Å². The Morgan fingerprint density at radius 1 is 0.723 bits per heavy atom. The van der Waals surface area contributed by atoms with E-state index < -0.39 is 82.0 Å². The normalized spacial score (nSPS) is 26.6. The zero-order valence-corrected chi connectivity index (χ0v) is 30.2. The second-order valence-corrected chi connectivity index (χ2v) is 16.7. The van der Waals surface area contributed by atoms with Gasteiger partial charge in [-0.15, -0.1) is 0 Å². The number of carboxylic acid groups (broad SMARTS) is 1. The number of carbonyl (C=O) groups excluding carboxylic acids is 3. The summed E-state index contributed by atoms with van der Waals surface area (Å²) >= 11 is 0. The van der Waals surface area contributed by atoms with Crippen LogP contribution in [0.25, 0.3) is 0 Å². The molecule has 0 aromatic heterocycles. The standard InChI is InChI=1S/C36H59F3O8/c1-22(34(9,21-32(3,4)5)30(43)47-25-17-15-24(16-18-25)36(37,38)39)23(2)35(10,33(6,7)8)31(44)46-20-19-45-29(42)27-14-12-11-13-26(27)28(40)41/h22-27H,11-21H2,1-10H3,(H,40,41). The summed E-state index contributed by atoms with van der Waals surface area (Å²) < 4.78 is 56.7. The molecule has 2 aliphatic carbocycles. The molecule has 2 fully saturated rings. The van der Waals surface area contributed by atoms with E-state index in [2.05, 4.69) is 0 Å². The maximum absolute atomic E-state index is 14.0. The SMILES string of the molecule is CC(C(C)C(C)(C(=O)OCCOC(=O)C1CCCCC1C(=O)O)C(C)(C)C)C(C)(CC(C)(C)C)C(=O)OC1CCC(C(F)(F)F)CC1. The number of hydrogen-bond acceptors (Lipinski definition) is 7. The molecule has 0 heterocycles. The summed E-state index contributed by atoms with van der Waals surface area (Å²) in [7, 11) is 0. The maximum atomic E-state index is 14.0. The van der Waals surface area contributed by atoms with Crippen LogP contribution in [0.3, 0.4) is 0 Å². The fraction of sp³-hybridized carbons (Fsp3) is 0.889. The smallest absolute Gasteiger partial charge is 0.391 e. The van der Waals surface area contributed by atoms with Gasteiger partial charge in [0, 0.05) is 0 Å². The summed E-state index contributed by atoms with van der Waals surface area (Å²) in [6.45, 7) is 18.8. The van der Waals surface area contributed by atoms with Crippen molar-refractivity contribution in [2.24, 2.45) is 51.2 Å². The Bertz CT molecular complexity index is 1100. The third-order valence-electron chi connectivity index (χ3n) is 11.4. The van der Waals surface area contributed by atoms with Gasteiger partial charge in [-0.05, 0) is 81.5 Å². The molecule has 0 spiro atoms. The van der Waals surface area contributed by atoms with Crippen molar-refractivity contribution in [2.75, 3.05) is 13.2 Å². The predicted molar refractivity (Wildman–Crippen MR) is 171 cm³/mol. The molecule has 0 aromatic carbocycles. The van der Waals surface area contributed by atoms with Crippen molar-refractivity contribution < 1.29 is 51.7 Å². The number of carbonyl (C=O) groups is 4. The zero-order valence-electron chi connectivity index (χ0n) is 30.2. The summed E-state index contributed by atoms with van der Waals surface area (Å²) in [5.74, 6) is -6.32. The second kappa shape index (κ2) is 15.5. The van der Waals surface area contributed by atoms with Crippen LogP contribution in [-0.2, 0) is 33.4 Å². The summed E-state index contributed by atoms with van der Waals surface area (Å²) in [5.41, 5.74) is -3.12. The molecule has 0 aliphatic heterocycles. The highest BCUT2D eigenvalue weighted by Crippen LogP contribution is 2.54. The number of hydrogen-bond donors (Lipinski definition) is 1. The lowest BCUT2D eigenvalue weighted by Gasteiger charge is -2.50. The summed E-state index contributed by atoms with van der Waals surface area (Å²) in [4.78, 5) is 52.2. The fourth-order valence-corrected chi connectivity index (χ4v) is 7.78. The van der Waals surface area contributed by atoms with Crippen LogP contribution in [0.5, 0.6) is 0 Å². The highest BCUT2D eigenvalue weighted by atomic mass is 19.4. The number of aliphatic carboxylic acids is 1. The molecule has 0 radical (unpaired) electrons. The van der Waals surface area contributed by atoms with Crippen LogP contribution in [0.2, 0.25) is 0 Å². The molecule has 0 aromatic rings. The molecule has 2 rings (SSSR count). The van der Waals surface area contributed by atoms with Crippen LogP contribution in [0, 0.1) is 51.2 Å². The molecule has 11 heteroatoms. The van der Waals surface area contributed by atoms with Crippen molar-refractivity contribution in [1.29, 1.82) is 0 Å². The molecule has 2 saturated carbocycles. The van der Waals surface area contributed by atoms with Gasteiger partial charge >= 0.3 is 30.1 Å². The molecule has 272 valence electrons. The largest absolute Gasteiger partial charge is 0.481 e. The number of rotatable bonds is 12. The molecule has 0 bridgehead atoms. The van der Waals surface area contributed by atoms with Gasteiger partial charge in [0.05, 0.1) is 28.6 Å². The maximum Gasteiger partial charge on any atom is 0.391 e. The first-order chi connectivity index (χ1) is 21.4. The zero-order chi connectivity index (χ0) is 36.2. The van der Waals surface area contributed by atoms with E-state index >= 15 is 0 Å². The highest BCUT2D eigenvalue weighted by molar-refractivity contribution is 5.81. The van der Waals surface area contributed by atoms with Crippen molar-refractivity contribution in [3.63, 3.8) is 0 Å². The van der Waals surface area contributed by atoms with Crippen LogP contribution in [0.1, 0.15) is 127 Å². The lowest BCUT2D eigenvalue weighted by Crippen LogP contribution is -2.53. The Kier molecular flexibility index (Phi) is 13.5. The molecule has 6 atom stereocenters. The first kappa shape index (κ1) is 40.8. The van der Waals surface area contributed by atoms with Gasteiger partial charge in [0.15, 0.2) is 0 Å². The Labute approximate surface area is 279 Å². The number of halogens is 3. The van der Waals surface area contributed by atoms with E-state index in [-0.39, 0.29) is 44.3 Å². The van der Waals surface area contributed by atoms with Crippen molar-refractivity contribution in [2.45, 2.75) is 139 Å². The lowest BCUT2D eigenvalue weighted by molar-refractivity contribution is -0.194. The van der Waals surface area contributed by atoms with E-state index in [1.807, 2.05) is 69.2 Å². The first-order valence-corrected chi connectivity index (χ1v) is 17.2. The van der Waals surface area contributed by atoms with Gasteiger partial charge in [-0.3, -0.25) is 19.2 Å². The van der Waals surface area contributed by atoms with Gasteiger partial charge in [-0.1, -0.05) is 68.2 Å². The number of esters is 3. The van der Waals surface area contributed by atoms with Crippen LogP contribution in [-0.4, -0.2) is 54.5 Å². The molecule has 1 N–H and O–H groups in total. The van der Waals surface area contributed by atoms with Gasteiger partial charge in [0.1, 0.15) is 19.3 Å². The van der Waals surface area contributed by atoms with E-state index in [4.69, 9.17) is 14.2 Å². The van der Waals surface area contributed by atoms with Crippen molar-refractivity contribution >= 4 is 23.9 Å². The minimum atomic E-state index is -4.26. The third kappa shape index (κ3) is 10.1. The molecule has 0 amide bonds. The molecule has 6 unspecified atom stereocenters. The molecular weight excluding hydrogens is 617 g/mol. The van der Waals surface area contributed by atoms with Gasteiger partial charge < -0.3 is 19.3 Å². The highest BCUT2D eigenvalue weighted by Gasteiger charge is 2.56. The summed E-state index contributed by atoms with van der Waals surface area (Å²) in [6.07, 6.45) is -1.92. The third-order valence-corrected chi connectivity index (χ3v) is 11.4. The first-order valence-electron chi connectivity index (χ1n) is 17.2. The Hall–Kier alpha value is -2.33. The van der Waals surface area contributed by atoms with Crippen molar-refractivity contribution in [3.05, 3.63) is 0 Å². The molecule has 0 saturated heterocycles. The second-order valence-electron chi connectivity index (χ2n) is 16.7. The molecule has 8 nitrogen and oxygen atoms in total. The summed E-state index contributed by atoms with van der Waals surface area (Å²) in [6, 6.07) is 0. The fourth-order valence-electron chi connectivity index (χ4n) is 7.78. The monoisotopic (exact) mass is 676 g/mol. The van der Waals surface area contributed by atoms with E-state index in [0.29, 0.717) is 19.3 Å². The predicted octanol–water partition coefficient (Wildman–Crippen LogP) is 8.40. The average molecular weight is 677 g/mol. The molecular formula is C36H59F3O8. The van der Waals surface area contributed by atoms with Gasteiger partial charge in [-0.25, -0.2) is 0 Å². The van der Waals surface area contributed by atoms with Gasteiger partial charge in [0.2, 0.25) is 0 Å². The Morgan fingerprint density at radius 2 is 1.23 bits per heavy atom. The van der Waals surface area contributed by atoms with E-state index in [0.717, 1.165) is 12.8 Å². The average Bonchev–Trinajstić information content (AvgIpc) is 2.96. The van der Waals surface area contributed by atoms with Gasteiger partial charge in [-0.2, -0.15) is 13.2 Å². The van der Waals surface area contributed by atoms with Crippen LogP contribution in [0.4, 0.5) is 13.2 Å². The lowest BCUT2D eigenvalue weighted by atomic mass is 9.53. The number of alkyl halides is 3. The van der Waals surface area contributed by atoms with E-state index in [9.17, 15) is 37.5 Å². The Morgan fingerprint density at radius 3 is 1.70 bits per heavy atom. The van der Waals surface area contributed by atoms with Crippen LogP contribution >= 0.6 is 0 Å². The minimum absolute atomic E-state index is 0.0760. The van der Waals surface area contributed by atoms with E-state index in [1.165, 1.54) is 0 Å². The quantitative estimate of drug-likeness (QED) is 0.125. The van der Waals surface area contributed by atoms with Crippen molar-refractivity contribution in [3.8, 4) is 0 Å². The number of ether oxygens (including phenoxy) is 3. The minimum Gasteiger partial charge on any atom is -0.481 e. The number of carboxylic acids is 1. The van der Waals surface area contributed by atoms with Crippen LogP contribution < -0.4 is 0 Å². The summed E-state index contributed by atoms with van der Waals surface area (Å²) in [5, 5.41) is 9.49. The van der Waals surface area contributed by atoms with Gasteiger partial charge in [0.25, 0.3) is 0 Å². The molecule has 47 heavy (non-hydrogen) atoms. The van der Waals surface area contributed by atoms with Crippen LogP contribution in [0.15, 0.2) is 0 Å². The Balaban J connectivity index is 2.20. The van der Waals surface area contributed by atoms with E-state index in [1.54, 1.807) is 0 Å².